The quantitative estimate of drug-likeness (QED) is 0.589. The van der Waals surface area contributed by atoms with Gasteiger partial charge < -0.3 is 19.1 Å². The summed E-state index contributed by atoms with van der Waals surface area (Å²) < 4.78 is 6.70. The Bertz CT molecular complexity index is 1150. The molecule has 1 aromatic carbocycles. The summed E-state index contributed by atoms with van der Waals surface area (Å²) in [4.78, 5) is 32.6. The molecule has 3 aromatic heterocycles. The summed E-state index contributed by atoms with van der Waals surface area (Å²) in [5.41, 5.74) is 1.13. The van der Waals surface area contributed by atoms with Gasteiger partial charge in [0.05, 0.1) is 22.6 Å². The van der Waals surface area contributed by atoms with Crippen molar-refractivity contribution in [2.75, 3.05) is 0 Å². The van der Waals surface area contributed by atoms with Gasteiger partial charge in [0.2, 0.25) is 0 Å². The molecule has 9 heteroatoms. The average molecular weight is 344 g/mol. The van der Waals surface area contributed by atoms with Crippen molar-refractivity contribution >= 4 is 22.6 Å². The Morgan fingerprint density at radius 1 is 1.21 bits per heavy atom. The molecule has 0 amide bonds. The highest BCUT2D eigenvalue weighted by molar-refractivity contribution is 6.35. The van der Waals surface area contributed by atoms with Gasteiger partial charge in [0.15, 0.2) is 5.82 Å². The zero-order chi connectivity index (χ0) is 16.7. The number of rotatable bonds is 3. The third-order valence-electron chi connectivity index (χ3n) is 3.50. The fourth-order valence-corrected chi connectivity index (χ4v) is 2.67. The van der Waals surface area contributed by atoms with Crippen LogP contribution in [0.3, 0.4) is 0 Å². The number of imidazole rings is 1. The van der Waals surface area contributed by atoms with Gasteiger partial charge >= 0.3 is 5.69 Å². The normalized spacial score (nSPS) is 11.2. The fourth-order valence-electron chi connectivity index (χ4n) is 2.40. The predicted octanol–water partition coefficient (Wildman–Crippen LogP) is 1.77. The van der Waals surface area contributed by atoms with E-state index >= 15 is 0 Å². The molecule has 24 heavy (non-hydrogen) atoms. The number of benzene rings is 1. The number of aromatic nitrogens is 5. The first-order chi connectivity index (χ1) is 11.6. The fraction of sp³-hybridized carbons (Fsp3) is 0.0667. The lowest BCUT2D eigenvalue weighted by Crippen LogP contribution is -2.18. The molecular formula is C15H10ClN5O3. The number of fused-ring (bicyclic) bond motifs is 1. The van der Waals surface area contributed by atoms with E-state index < -0.39 is 0 Å². The molecule has 3 heterocycles. The number of hydrogen-bond acceptors (Lipinski definition) is 5. The lowest BCUT2D eigenvalue weighted by atomic mass is 10.2. The highest BCUT2D eigenvalue weighted by Gasteiger charge is 2.13. The number of nitrogens with one attached hydrogen (secondary N) is 2. The van der Waals surface area contributed by atoms with Gasteiger partial charge in [-0.25, -0.2) is 4.79 Å². The van der Waals surface area contributed by atoms with Crippen LogP contribution in [-0.2, 0) is 6.54 Å². The first kappa shape index (κ1) is 14.5. The van der Waals surface area contributed by atoms with Gasteiger partial charge in [-0.15, -0.1) is 0 Å². The maximum Gasteiger partial charge on any atom is 0.323 e. The molecule has 8 nitrogen and oxygen atoms in total. The molecule has 0 aliphatic rings. The standard InChI is InChI=1S/C15H10ClN5O3/c16-9-5-8(6-10-13(9)19-15(23)17-10)14-18-11(20-24-14)7-21-4-2-1-3-12(21)22/h1-6H,7H2,(H2,17,19,23). The molecule has 0 aliphatic heterocycles. The van der Waals surface area contributed by atoms with Crippen LogP contribution in [0.1, 0.15) is 5.82 Å². The molecule has 0 fully saturated rings. The molecule has 4 aromatic rings. The Morgan fingerprint density at radius 2 is 2.08 bits per heavy atom. The Balaban J connectivity index is 1.71. The second-order valence-electron chi connectivity index (χ2n) is 5.14. The van der Waals surface area contributed by atoms with E-state index in [-0.39, 0.29) is 23.7 Å². The molecule has 0 saturated heterocycles. The monoisotopic (exact) mass is 343 g/mol. The lowest BCUT2D eigenvalue weighted by Gasteiger charge is -1.99. The van der Waals surface area contributed by atoms with Crippen molar-refractivity contribution in [3.05, 3.63) is 68.2 Å². The van der Waals surface area contributed by atoms with E-state index in [2.05, 4.69) is 20.1 Å². The Labute approximate surface area is 138 Å². The van der Waals surface area contributed by atoms with Gasteiger partial charge in [-0.1, -0.05) is 22.8 Å². The van der Waals surface area contributed by atoms with Crippen LogP contribution in [0.25, 0.3) is 22.5 Å². The molecule has 0 aliphatic carbocycles. The van der Waals surface area contributed by atoms with Crippen molar-refractivity contribution < 1.29 is 4.52 Å². The number of nitrogens with zero attached hydrogens (tertiary/aromatic N) is 3. The highest BCUT2D eigenvalue weighted by Crippen LogP contribution is 2.27. The third-order valence-corrected chi connectivity index (χ3v) is 3.80. The lowest BCUT2D eigenvalue weighted by molar-refractivity contribution is 0.420. The Morgan fingerprint density at radius 3 is 2.92 bits per heavy atom. The van der Waals surface area contributed by atoms with Gasteiger partial charge in [-0.2, -0.15) is 4.98 Å². The van der Waals surface area contributed by atoms with Crippen molar-refractivity contribution in [2.24, 2.45) is 0 Å². The van der Waals surface area contributed by atoms with Crippen LogP contribution in [-0.4, -0.2) is 24.7 Å². The molecule has 0 radical (unpaired) electrons. The predicted molar refractivity (Wildman–Crippen MR) is 87.0 cm³/mol. The first-order valence-electron chi connectivity index (χ1n) is 7.00. The molecule has 0 unspecified atom stereocenters. The van der Waals surface area contributed by atoms with E-state index in [4.69, 9.17) is 16.1 Å². The molecule has 4 rings (SSSR count). The van der Waals surface area contributed by atoms with Crippen molar-refractivity contribution in [3.63, 3.8) is 0 Å². The summed E-state index contributed by atoms with van der Waals surface area (Å²) in [6.07, 6.45) is 1.64. The summed E-state index contributed by atoms with van der Waals surface area (Å²) in [5.74, 6) is 0.608. The Kier molecular flexibility index (Phi) is 3.31. The molecular weight excluding hydrogens is 334 g/mol. The van der Waals surface area contributed by atoms with Crippen LogP contribution in [0, 0.1) is 0 Å². The van der Waals surface area contributed by atoms with Crippen molar-refractivity contribution in [1.29, 1.82) is 0 Å². The van der Waals surface area contributed by atoms with Crippen LogP contribution in [0.2, 0.25) is 5.02 Å². The summed E-state index contributed by atoms with van der Waals surface area (Å²) in [5, 5.41) is 4.24. The second kappa shape index (κ2) is 5.50. The van der Waals surface area contributed by atoms with Crippen LogP contribution in [0.4, 0.5) is 0 Å². The second-order valence-corrected chi connectivity index (χ2v) is 5.55. The van der Waals surface area contributed by atoms with Crippen LogP contribution < -0.4 is 11.2 Å². The molecule has 2 N–H and O–H groups in total. The number of aromatic amines is 2. The van der Waals surface area contributed by atoms with Gasteiger partial charge in [0, 0.05) is 17.8 Å². The summed E-state index contributed by atoms with van der Waals surface area (Å²) in [6.45, 7) is 0.195. The van der Waals surface area contributed by atoms with Gasteiger partial charge in [-0.3, -0.25) is 4.79 Å². The minimum absolute atomic E-state index is 0.154. The smallest absolute Gasteiger partial charge is 0.323 e. The van der Waals surface area contributed by atoms with Crippen LogP contribution >= 0.6 is 11.6 Å². The summed E-state index contributed by atoms with van der Waals surface area (Å²) in [7, 11) is 0. The molecule has 0 saturated carbocycles. The minimum atomic E-state index is -0.348. The number of hydrogen-bond donors (Lipinski definition) is 2. The SMILES string of the molecule is O=c1[nH]c2cc(-c3nc(Cn4ccccc4=O)no3)cc(Cl)c2[nH]1. The van der Waals surface area contributed by atoms with E-state index in [0.29, 0.717) is 27.4 Å². The topological polar surface area (TPSA) is 110 Å². The van der Waals surface area contributed by atoms with E-state index in [0.717, 1.165) is 0 Å². The molecule has 0 atom stereocenters. The largest absolute Gasteiger partial charge is 0.334 e. The van der Waals surface area contributed by atoms with Crippen LogP contribution in [0.5, 0.6) is 0 Å². The summed E-state index contributed by atoms with van der Waals surface area (Å²) in [6, 6.07) is 8.18. The van der Waals surface area contributed by atoms with Gasteiger partial charge in [0.1, 0.15) is 0 Å². The van der Waals surface area contributed by atoms with Crippen molar-refractivity contribution in [2.45, 2.75) is 6.54 Å². The summed E-state index contributed by atoms with van der Waals surface area (Å²) >= 11 is 6.16. The van der Waals surface area contributed by atoms with Crippen LogP contribution in [0.15, 0.2) is 50.6 Å². The van der Waals surface area contributed by atoms with E-state index in [1.165, 1.54) is 10.6 Å². The maximum absolute atomic E-state index is 11.7. The highest BCUT2D eigenvalue weighted by atomic mass is 35.5. The maximum atomic E-state index is 11.7. The van der Waals surface area contributed by atoms with E-state index in [9.17, 15) is 9.59 Å². The average Bonchev–Trinajstić information content (AvgIpc) is 3.16. The third kappa shape index (κ3) is 2.52. The van der Waals surface area contributed by atoms with E-state index in [1.54, 1.807) is 30.5 Å². The first-order valence-corrected chi connectivity index (χ1v) is 7.38. The zero-order valence-electron chi connectivity index (χ0n) is 12.1. The number of halogens is 1. The van der Waals surface area contributed by atoms with Crippen molar-refractivity contribution in [1.82, 2.24) is 24.7 Å². The number of H-pyrrole nitrogens is 2. The molecule has 0 bridgehead atoms. The molecule has 0 spiro atoms. The van der Waals surface area contributed by atoms with Crippen molar-refractivity contribution in [3.8, 4) is 11.5 Å². The number of pyridine rings is 1. The minimum Gasteiger partial charge on any atom is -0.334 e. The van der Waals surface area contributed by atoms with Gasteiger partial charge in [-0.05, 0) is 18.2 Å². The van der Waals surface area contributed by atoms with Gasteiger partial charge in [0.25, 0.3) is 11.4 Å². The zero-order valence-corrected chi connectivity index (χ0v) is 12.9. The van der Waals surface area contributed by atoms with E-state index in [1.807, 2.05) is 0 Å². The Hall–Kier alpha value is -3.13. The molecule has 120 valence electrons.